The number of aliphatic carboxylic acids is 1. The van der Waals surface area contributed by atoms with Crippen molar-refractivity contribution in [3.05, 3.63) is 30.1 Å². The third-order valence-electron chi connectivity index (χ3n) is 3.26. The Morgan fingerprint density at radius 3 is 2.61 bits per heavy atom. The van der Waals surface area contributed by atoms with Gasteiger partial charge in [0.2, 0.25) is 0 Å². The van der Waals surface area contributed by atoms with Crippen molar-refractivity contribution in [2.24, 2.45) is 5.92 Å². The molecule has 0 fully saturated rings. The number of methoxy groups -OCH3 is 1. The summed E-state index contributed by atoms with van der Waals surface area (Å²) in [6, 6.07) is 3.70. The third kappa shape index (κ3) is 3.62. The molecule has 9 nitrogen and oxygen atoms in total. The Morgan fingerprint density at radius 2 is 2.09 bits per heavy atom. The summed E-state index contributed by atoms with van der Waals surface area (Å²) >= 11 is 0. The normalized spacial score (nSPS) is 12.0. The van der Waals surface area contributed by atoms with Crippen LogP contribution in [0.25, 0.3) is 5.69 Å². The number of nitrogens with zero attached hydrogens (tertiary/aromatic N) is 4. The molecule has 23 heavy (non-hydrogen) atoms. The molecule has 0 aliphatic heterocycles. The first-order chi connectivity index (χ1) is 10.9. The number of carboxylic acid groups (broad SMARTS) is 1. The number of amides is 1. The molecule has 9 heteroatoms. The van der Waals surface area contributed by atoms with E-state index in [9.17, 15) is 9.59 Å². The number of ether oxygens (including phenoxy) is 1. The molecule has 2 N–H and O–H groups in total. The number of carbonyl (C=O) groups is 2. The molecule has 0 unspecified atom stereocenters. The second-order valence-corrected chi connectivity index (χ2v) is 5.17. The van der Waals surface area contributed by atoms with Crippen LogP contribution < -0.4 is 10.1 Å². The molecule has 2 rings (SSSR count). The van der Waals surface area contributed by atoms with Crippen molar-refractivity contribution in [3.63, 3.8) is 0 Å². The first kappa shape index (κ1) is 16.4. The van der Waals surface area contributed by atoms with Gasteiger partial charge in [0.05, 0.1) is 7.11 Å². The second-order valence-electron chi connectivity index (χ2n) is 5.17. The highest BCUT2D eigenvalue weighted by molar-refractivity contribution is 5.97. The highest BCUT2D eigenvalue weighted by Crippen LogP contribution is 2.23. The van der Waals surface area contributed by atoms with Crippen LogP contribution in [0.3, 0.4) is 0 Å². The molecule has 0 bridgehead atoms. The minimum Gasteiger partial charge on any atom is -0.494 e. The number of carboxylic acids is 1. The van der Waals surface area contributed by atoms with Gasteiger partial charge in [-0.25, -0.2) is 4.79 Å². The minimum absolute atomic E-state index is 0.242. The average Bonchev–Trinajstić information content (AvgIpc) is 3.05. The molecule has 0 aliphatic rings. The summed E-state index contributed by atoms with van der Waals surface area (Å²) < 4.78 is 6.57. The number of benzene rings is 1. The second kappa shape index (κ2) is 6.86. The van der Waals surface area contributed by atoms with Crippen LogP contribution in [0.4, 0.5) is 0 Å². The van der Waals surface area contributed by atoms with Crippen LogP contribution in [0.2, 0.25) is 0 Å². The summed E-state index contributed by atoms with van der Waals surface area (Å²) in [6.45, 7) is 3.44. The van der Waals surface area contributed by atoms with E-state index < -0.39 is 17.9 Å². The number of carbonyl (C=O) groups excluding carboxylic acids is 1. The van der Waals surface area contributed by atoms with E-state index in [0.29, 0.717) is 11.4 Å². The highest BCUT2D eigenvalue weighted by Gasteiger charge is 2.24. The van der Waals surface area contributed by atoms with Gasteiger partial charge in [-0.2, -0.15) is 4.68 Å². The van der Waals surface area contributed by atoms with Crippen LogP contribution in [-0.2, 0) is 4.79 Å². The molecule has 0 radical (unpaired) electrons. The van der Waals surface area contributed by atoms with E-state index in [1.54, 1.807) is 26.0 Å². The molecule has 2 aromatic rings. The zero-order valence-electron chi connectivity index (χ0n) is 12.9. The Bertz CT molecular complexity index is 699. The third-order valence-corrected chi connectivity index (χ3v) is 3.26. The lowest BCUT2D eigenvalue weighted by Gasteiger charge is -2.18. The average molecular weight is 319 g/mol. The lowest BCUT2D eigenvalue weighted by molar-refractivity contribution is -0.140. The van der Waals surface area contributed by atoms with Crippen LogP contribution in [-0.4, -0.2) is 50.3 Å². The Balaban J connectivity index is 2.31. The zero-order valence-corrected chi connectivity index (χ0v) is 12.9. The summed E-state index contributed by atoms with van der Waals surface area (Å²) in [7, 11) is 1.49. The SMILES string of the molecule is COc1ccc(C(=O)N[C@H](C(=O)O)C(C)C)cc1-n1cnnn1. The fourth-order valence-electron chi connectivity index (χ4n) is 2.02. The van der Waals surface area contributed by atoms with Gasteiger partial charge in [-0.1, -0.05) is 13.8 Å². The number of rotatable bonds is 6. The molecule has 1 aromatic heterocycles. The summed E-state index contributed by atoms with van der Waals surface area (Å²) in [5.74, 6) is -1.34. The van der Waals surface area contributed by atoms with E-state index in [1.165, 1.54) is 24.2 Å². The van der Waals surface area contributed by atoms with E-state index in [1.807, 2.05) is 0 Å². The van der Waals surface area contributed by atoms with Crippen molar-refractivity contribution in [3.8, 4) is 11.4 Å². The number of hydrogen-bond donors (Lipinski definition) is 2. The molecule has 1 amide bonds. The predicted octanol–water partition coefficient (Wildman–Crippen LogP) is 0.510. The van der Waals surface area contributed by atoms with E-state index in [-0.39, 0.29) is 11.5 Å². The molecular weight excluding hydrogens is 302 g/mol. The lowest BCUT2D eigenvalue weighted by atomic mass is 10.0. The monoisotopic (exact) mass is 319 g/mol. The van der Waals surface area contributed by atoms with Crippen molar-refractivity contribution >= 4 is 11.9 Å². The van der Waals surface area contributed by atoms with Crippen LogP contribution in [0.1, 0.15) is 24.2 Å². The predicted molar refractivity (Wildman–Crippen MR) is 79.4 cm³/mol. The van der Waals surface area contributed by atoms with Crippen molar-refractivity contribution in [1.29, 1.82) is 0 Å². The molecule has 0 saturated heterocycles. The van der Waals surface area contributed by atoms with Crippen LogP contribution >= 0.6 is 0 Å². The maximum absolute atomic E-state index is 12.3. The summed E-state index contributed by atoms with van der Waals surface area (Å²) in [5.41, 5.74) is 0.754. The molecule has 1 aromatic carbocycles. The van der Waals surface area contributed by atoms with Crippen molar-refractivity contribution < 1.29 is 19.4 Å². The number of tetrazole rings is 1. The molecular formula is C14H17N5O4. The van der Waals surface area contributed by atoms with Crippen LogP contribution in [0.15, 0.2) is 24.5 Å². The Labute approximate surface area is 132 Å². The number of hydrogen-bond acceptors (Lipinski definition) is 6. The first-order valence-electron chi connectivity index (χ1n) is 6.89. The minimum atomic E-state index is -1.08. The molecule has 0 saturated carbocycles. The van der Waals surface area contributed by atoms with E-state index in [0.717, 1.165) is 0 Å². The Kier molecular flexibility index (Phi) is 4.89. The molecule has 1 atom stereocenters. The van der Waals surface area contributed by atoms with E-state index in [2.05, 4.69) is 20.8 Å². The summed E-state index contributed by atoms with van der Waals surface area (Å²) in [4.78, 5) is 23.5. The van der Waals surface area contributed by atoms with Crippen molar-refractivity contribution in [2.75, 3.05) is 7.11 Å². The maximum atomic E-state index is 12.3. The van der Waals surface area contributed by atoms with Crippen molar-refractivity contribution in [2.45, 2.75) is 19.9 Å². The van der Waals surface area contributed by atoms with Gasteiger partial charge in [0.15, 0.2) is 0 Å². The van der Waals surface area contributed by atoms with E-state index in [4.69, 9.17) is 9.84 Å². The number of aromatic nitrogens is 4. The van der Waals surface area contributed by atoms with Gasteiger partial charge in [-0.05, 0) is 34.5 Å². The van der Waals surface area contributed by atoms with Gasteiger partial charge in [0, 0.05) is 5.56 Å². The fourth-order valence-corrected chi connectivity index (χ4v) is 2.02. The Morgan fingerprint density at radius 1 is 1.35 bits per heavy atom. The molecule has 0 spiro atoms. The van der Waals surface area contributed by atoms with Crippen molar-refractivity contribution in [1.82, 2.24) is 25.5 Å². The maximum Gasteiger partial charge on any atom is 0.326 e. The van der Waals surface area contributed by atoms with Crippen LogP contribution in [0, 0.1) is 5.92 Å². The van der Waals surface area contributed by atoms with Gasteiger partial charge in [-0.15, -0.1) is 5.10 Å². The van der Waals surface area contributed by atoms with Gasteiger partial charge in [0.25, 0.3) is 5.91 Å². The Hall–Kier alpha value is -2.97. The quantitative estimate of drug-likeness (QED) is 0.796. The van der Waals surface area contributed by atoms with Gasteiger partial charge < -0.3 is 15.2 Å². The molecule has 1 heterocycles. The first-order valence-corrected chi connectivity index (χ1v) is 6.89. The molecule has 122 valence electrons. The van der Waals surface area contributed by atoms with Crippen LogP contribution in [0.5, 0.6) is 5.75 Å². The highest BCUT2D eigenvalue weighted by atomic mass is 16.5. The number of nitrogens with one attached hydrogen (secondary N) is 1. The van der Waals surface area contributed by atoms with Gasteiger partial charge in [-0.3, -0.25) is 4.79 Å². The summed E-state index contributed by atoms with van der Waals surface area (Å²) in [6.07, 6.45) is 1.37. The summed E-state index contributed by atoms with van der Waals surface area (Å²) in [5, 5.41) is 22.5. The molecule has 0 aliphatic carbocycles. The van der Waals surface area contributed by atoms with Gasteiger partial charge in [0.1, 0.15) is 23.8 Å². The fraction of sp³-hybridized carbons (Fsp3) is 0.357. The standard InChI is InChI=1S/C14H17N5O4/c1-8(2)12(14(21)22)16-13(20)9-4-5-11(23-3)10(6-9)19-7-15-17-18-19/h4-8,12H,1-3H3,(H,16,20)(H,21,22)/t12-/m0/s1. The lowest BCUT2D eigenvalue weighted by Crippen LogP contribution is -2.44. The topological polar surface area (TPSA) is 119 Å². The largest absolute Gasteiger partial charge is 0.494 e. The smallest absolute Gasteiger partial charge is 0.326 e. The zero-order chi connectivity index (χ0) is 17.0. The van der Waals surface area contributed by atoms with Gasteiger partial charge >= 0.3 is 5.97 Å². The van der Waals surface area contributed by atoms with E-state index >= 15 is 0 Å².